The number of amides is 1. The Morgan fingerprint density at radius 1 is 1.46 bits per heavy atom. The first-order valence-corrected chi connectivity index (χ1v) is 9.13. The maximum absolute atomic E-state index is 11.5. The Labute approximate surface area is 161 Å². The molecule has 0 unspecified atom stereocenters. The summed E-state index contributed by atoms with van der Waals surface area (Å²) in [4.78, 5) is 15.5. The zero-order chi connectivity index (χ0) is 17.6. The van der Waals surface area contributed by atoms with Crippen LogP contribution in [0.3, 0.4) is 0 Å². The molecule has 0 atom stereocenters. The summed E-state index contributed by atoms with van der Waals surface area (Å²) >= 11 is 1.46. The molecule has 0 aromatic carbocycles. The first kappa shape index (κ1) is 20.4. The molecule has 1 amide bonds. The molecule has 0 aliphatic carbocycles. The average Bonchev–Trinajstić information content (AvgIpc) is 3.27. The summed E-state index contributed by atoms with van der Waals surface area (Å²) in [5, 5.41) is 19.0. The highest BCUT2D eigenvalue weighted by Crippen LogP contribution is 2.28. The first-order chi connectivity index (χ1) is 12.2. The first-order valence-electron chi connectivity index (χ1n) is 8.15. The van der Waals surface area contributed by atoms with Gasteiger partial charge in [0.05, 0.1) is 5.75 Å². The minimum absolute atomic E-state index is 0. The van der Waals surface area contributed by atoms with Crippen LogP contribution in [0.25, 0.3) is 0 Å². The third kappa shape index (κ3) is 4.63. The summed E-state index contributed by atoms with van der Waals surface area (Å²) in [6, 6.07) is 0. The number of aromatic nitrogens is 5. The smallest absolute Gasteiger partial charge is 0.292 e. The number of thioether (sulfide) groups is 1. The third-order valence-corrected chi connectivity index (χ3v) is 4.94. The van der Waals surface area contributed by atoms with Crippen LogP contribution in [0.4, 0.5) is 0 Å². The van der Waals surface area contributed by atoms with Crippen LogP contribution in [-0.4, -0.2) is 50.9 Å². The summed E-state index contributed by atoms with van der Waals surface area (Å²) in [5.41, 5.74) is 0. The van der Waals surface area contributed by atoms with E-state index in [4.69, 9.17) is 4.52 Å². The van der Waals surface area contributed by atoms with E-state index in [1.807, 2.05) is 6.08 Å². The van der Waals surface area contributed by atoms with Crippen LogP contribution in [-0.2, 0) is 12.3 Å². The fourth-order valence-electron chi connectivity index (χ4n) is 2.73. The minimum Gasteiger partial charge on any atom is -0.352 e. The maximum Gasteiger partial charge on any atom is 0.292 e. The summed E-state index contributed by atoms with van der Waals surface area (Å²) < 4.78 is 7.19. The third-order valence-electron chi connectivity index (χ3n) is 3.98. The molecule has 2 N–H and O–H groups in total. The molecule has 0 radical (unpaired) electrons. The van der Waals surface area contributed by atoms with Crippen molar-refractivity contribution in [3.8, 4) is 0 Å². The number of allylic oxidation sites excluding steroid dienone is 1. The highest BCUT2D eigenvalue weighted by Gasteiger charge is 2.23. The quantitative estimate of drug-likeness (QED) is 0.530. The van der Waals surface area contributed by atoms with Crippen LogP contribution in [0, 0.1) is 0 Å². The lowest BCUT2D eigenvalue weighted by Gasteiger charge is -2.22. The number of hydrogen-bond donors (Lipinski definition) is 2. The van der Waals surface area contributed by atoms with Gasteiger partial charge in [-0.15, -0.1) is 29.2 Å². The predicted molar refractivity (Wildman–Crippen MR) is 99.6 cm³/mol. The van der Waals surface area contributed by atoms with E-state index in [0.717, 1.165) is 36.9 Å². The monoisotopic (exact) mass is 399 g/mol. The van der Waals surface area contributed by atoms with Gasteiger partial charge in [-0.3, -0.25) is 4.79 Å². The summed E-state index contributed by atoms with van der Waals surface area (Å²) in [6.07, 6.45) is 3.95. The summed E-state index contributed by atoms with van der Waals surface area (Å²) in [7, 11) is 1.52. The topological polar surface area (TPSA) is 111 Å². The van der Waals surface area contributed by atoms with Crippen molar-refractivity contribution in [1.29, 1.82) is 0 Å². The number of rotatable bonds is 7. The molecular formula is C15H22ClN7O2S. The lowest BCUT2D eigenvalue weighted by atomic mass is 9.97. The number of hydrogen-bond acceptors (Lipinski definition) is 8. The van der Waals surface area contributed by atoms with E-state index in [-0.39, 0.29) is 24.1 Å². The van der Waals surface area contributed by atoms with Gasteiger partial charge in [-0.25, -0.2) is 0 Å². The fourth-order valence-corrected chi connectivity index (χ4v) is 3.53. The van der Waals surface area contributed by atoms with E-state index in [0.29, 0.717) is 24.1 Å². The number of carbonyl (C=O) groups excluding carboxylic acids is 1. The molecule has 1 fully saturated rings. The SMILES string of the molecule is C=CCn1c(SCc2nc(C(=O)NC)no2)nnc1C1CCNCC1.Cl. The van der Waals surface area contributed by atoms with E-state index in [1.54, 1.807) is 0 Å². The molecular weight excluding hydrogens is 378 g/mol. The van der Waals surface area contributed by atoms with Gasteiger partial charge in [-0.1, -0.05) is 23.0 Å². The molecule has 2 aromatic rings. The molecule has 1 aliphatic rings. The van der Waals surface area contributed by atoms with Gasteiger partial charge in [-0.2, -0.15) is 4.98 Å². The lowest BCUT2D eigenvalue weighted by Crippen LogP contribution is -2.28. The number of halogens is 1. The van der Waals surface area contributed by atoms with Crippen molar-refractivity contribution < 1.29 is 9.32 Å². The van der Waals surface area contributed by atoms with Gasteiger partial charge in [0.2, 0.25) is 5.89 Å². The predicted octanol–water partition coefficient (Wildman–Crippen LogP) is 1.39. The molecule has 0 bridgehead atoms. The molecule has 11 heteroatoms. The number of nitrogens with zero attached hydrogens (tertiary/aromatic N) is 5. The van der Waals surface area contributed by atoms with Crippen molar-refractivity contribution in [2.24, 2.45) is 0 Å². The van der Waals surface area contributed by atoms with Crippen LogP contribution in [0.15, 0.2) is 22.3 Å². The standard InChI is InChI=1S/C15H21N7O2S.ClH/c1-3-8-22-13(10-4-6-17-7-5-10)19-20-15(22)25-9-11-18-12(21-24-11)14(23)16-2;/h3,10,17H,1,4-9H2,2H3,(H,16,23);1H. The van der Waals surface area contributed by atoms with Gasteiger partial charge >= 0.3 is 0 Å². The number of carbonyl (C=O) groups is 1. The molecule has 0 saturated carbocycles. The Morgan fingerprint density at radius 2 is 2.23 bits per heavy atom. The van der Waals surface area contributed by atoms with Crippen molar-refractivity contribution in [3.63, 3.8) is 0 Å². The zero-order valence-electron chi connectivity index (χ0n) is 14.5. The van der Waals surface area contributed by atoms with Gasteiger partial charge < -0.3 is 19.7 Å². The highest BCUT2D eigenvalue weighted by molar-refractivity contribution is 7.98. The van der Waals surface area contributed by atoms with E-state index >= 15 is 0 Å². The molecule has 1 saturated heterocycles. The second kappa shape index (κ2) is 9.70. The Bertz CT molecular complexity index is 742. The molecule has 0 spiro atoms. The Hall–Kier alpha value is -1.91. The van der Waals surface area contributed by atoms with E-state index in [9.17, 15) is 4.79 Å². The van der Waals surface area contributed by atoms with Crippen molar-refractivity contribution in [2.75, 3.05) is 20.1 Å². The second-order valence-electron chi connectivity index (χ2n) is 5.64. The van der Waals surface area contributed by atoms with Crippen molar-refractivity contribution >= 4 is 30.1 Å². The van der Waals surface area contributed by atoms with Crippen molar-refractivity contribution in [2.45, 2.75) is 36.2 Å². The van der Waals surface area contributed by atoms with Crippen LogP contribution < -0.4 is 10.6 Å². The molecule has 142 valence electrons. The van der Waals surface area contributed by atoms with Crippen molar-refractivity contribution in [1.82, 2.24) is 35.5 Å². The largest absolute Gasteiger partial charge is 0.352 e. The number of nitrogens with one attached hydrogen (secondary N) is 2. The van der Waals surface area contributed by atoms with Gasteiger partial charge in [0, 0.05) is 19.5 Å². The molecule has 3 rings (SSSR count). The minimum atomic E-state index is -0.372. The summed E-state index contributed by atoms with van der Waals surface area (Å²) in [5.74, 6) is 1.86. The van der Waals surface area contributed by atoms with Crippen LogP contribution in [0.1, 0.15) is 41.1 Å². The van der Waals surface area contributed by atoms with Crippen LogP contribution >= 0.6 is 24.2 Å². The highest BCUT2D eigenvalue weighted by atomic mass is 35.5. The van der Waals surface area contributed by atoms with Crippen molar-refractivity contribution in [3.05, 3.63) is 30.2 Å². The summed E-state index contributed by atoms with van der Waals surface area (Å²) in [6.45, 7) is 6.48. The number of piperidine rings is 1. The average molecular weight is 400 g/mol. The van der Waals surface area contributed by atoms with Gasteiger partial charge in [0.15, 0.2) is 5.16 Å². The molecule has 2 aromatic heterocycles. The second-order valence-corrected chi connectivity index (χ2v) is 6.59. The fraction of sp³-hybridized carbons (Fsp3) is 0.533. The van der Waals surface area contributed by atoms with E-state index in [2.05, 4.69) is 42.1 Å². The molecule has 26 heavy (non-hydrogen) atoms. The Balaban J connectivity index is 0.00000243. The van der Waals surface area contributed by atoms with E-state index < -0.39 is 0 Å². The van der Waals surface area contributed by atoms with Gasteiger partial charge in [0.1, 0.15) is 5.82 Å². The molecule has 1 aliphatic heterocycles. The van der Waals surface area contributed by atoms with Crippen LogP contribution in [0.2, 0.25) is 0 Å². The van der Waals surface area contributed by atoms with Gasteiger partial charge in [0.25, 0.3) is 11.7 Å². The zero-order valence-corrected chi connectivity index (χ0v) is 16.1. The lowest BCUT2D eigenvalue weighted by molar-refractivity contribution is 0.0950. The Kier molecular flexibility index (Phi) is 7.61. The Morgan fingerprint density at radius 3 is 2.92 bits per heavy atom. The molecule has 9 nitrogen and oxygen atoms in total. The van der Waals surface area contributed by atoms with E-state index in [1.165, 1.54) is 18.8 Å². The maximum atomic E-state index is 11.5. The van der Waals surface area contributed by atoms with Crippen LogP contribution in [0.5, 0.6) is 0 Å². The molecule has 3 heterocycles. The normalized spacial score (nSPS) is 14.7. The van der Waals surface area contributed by atoms with Gasteiger partial charge in [-0.05, 0) is 25.9 Å².